The van der Waals surface area contributed by atoms with Gasteiger partial charge in [0.2, 0.25) is 0 Å². The van der Waals surface area contributed by atoms with Crippen molar-refractivity contribution in [3.05, 3.63) is 34.9 Å². The number of benzene rings is 1. The number of hydrogen-bond donors (Lipinski definition) is 2. The van der Waals surface area contributed by atoms with Gasteiger partial charge in [0.1, 0.15) is 0 Å². The standard InChI is InChI=1S/C11H11F6NO.ClH/c1-5(19)9(18)7-4-6(10(12,13)14)2-3-8(7)11(15,16)17;/h2-5,9,19H,18H2,1H3;1H/t5-,9-;/m0./s1. The third kappa shape index (κ3) is 4.26. The Labute approximate surface area is 117 Å². The van der Waals surface area contributed by atoms with E-state index in [1.165, 1.54) is 0 Å². The minimum absolute atomic E-state index is 0. The van der Waals surface area contributed by atoms with E-state index in [2.05, 4.69) is 0 Å². The lowest BCUT2D eigenvalue weighted by atomic mass is 9.95. The Hall–Kier alpha value is -0.990. The van der Waals surface area contributed by atoms with Crippen LogP contribution >= 0.6 is 12.4 Å². The first-order valence-electron chi connectivity index (χ1n) is 5.16. The molecule has 1 rings (SSSR count). The smallest absolute Gasteiger partial charge is 0.391 e. The van der Waals surface area contributed by atoms with Gasteiger partial charge in [0.05, 0.1) is 23.3 Å². The Morgan fingerprint density at radius 2 is 1.55 bits per heavy atom. The monoisotopic (exact) mass is 323 g/mol. The van der Waals surface area contributed by atoms with Crippen LogP contribution in [0, 0.1) is 0 Å². The molecular formula is C11H12ClF6NO. The number of rotatable bonds is 2. The van der Waals surface area contributed by atoms with E-state index in [9.17, 15) is 31.4 Å². The average Bonchev–Trinajstić information content (AvgIpc) is 2.24. The highest BCUT2D eigenvalue weighted by Gasteiger charge is 2.38. The van der Waals surface area contributed by atoms with E-state index >= 15 is 0 Å². The van der Waals surface area contributed by atoms with Crippen LogP contribution in [-0.4, -0.2) is 11.2 Å². The number of aliphatic hydroxyl groups excluding tert-OH is 1. The van der Waals surface area contributed by atoms with E-state index in [0.29, 0.717) is 18.2 Å². The summed E-state index contributed by atoms with van der Waals surface area (Å²) in [5.41, 5.74) is 2.02. The molecule has 0 aliphatic carbocycles. The summed E-state index contributed by atoms with van der Waals surface area (Å²) < 4.78 is 75.5. The maximum Gasteiger partial charge on any atom is 0.416 e. The van der Waals surface area contributed by atoms with Crippen molar-refractivity contribution in [2.24, 2.45) is 5.73 Å². The van der Waals surface area contributed by atoms with E-state index in [-0.39, 0.29) is 12.4 Å². The molecule has 0 fully saturated rings. The molecule has 0 amide bonds. The van der Waals surface area contributed by atoms with Gasteiger partial charge in [-0.3, -0.25) is 0 Å². The largest absolute Gasteiger partial charge is 0.416 e. The summed E-state index contributed by atoms with van der Waals surface area (Å²) in [5.74, 6) is 0. The average molecular weight is 324 g/mol. The molecule has 2 nitrogen and oxygen atoms in total. The van der Waals surface area contributed by atoms with E-state index in [1.807, 2.05) is 0 Å². The predicted octanol–water partition coefficient (Wildman–Crippen LogP) is 3.53. The molecule has 0 heterocycles. The Kier molecular flexibility index (Phi) is 5.89. The third-order valence-electron chi connectivity index (χ3n) is 2.56. The fraction of sp³-hybridized carbons (Fsp3) is 0.455. The van der Waals surface area contributed by atoms with Gasteiger partial charge in [-0.2, -0.15) is 26.3 Å². The van der Waals surface area contributed by atoms with Gasteiger partial charge in [0.15, 0.2) is 0 Å². The van der Waals surface area contributed by atoms with Crippen molar-refractivity contribution in [2.45, 2.75) is 31.4 Å². The molecule has 3 N–H and O–H groups in total. The second-order valence-corrected chi connectivity index (χ2v) is 4.06. The zero-order valence-electron chi connectivity index (χ0n) is 10.1. The zero-order valence-corrected chi connectivity index (χ0v) is 10.9. The molecule has 0 aliphatic heterocycles. The second-order valence-electron chi connectivity index (χ2n) is 4.06. The second kappa shape index (κ2) is 6.19. The first-order chi connectivity index (χ1) is 8.44. The van der Waals surface area contributed by atoms with Gasteiger partial charge in [-0.05, 0) is 30.7 Å². The quantitative estimate of drug-likeness (QED) is 0.818. The van der Waals surface area contributed by atoms with Crippen molar-refractivity contribution >= 4 is 12.4 Å². The van der Waals surface area contributed by atoms with Gasteiger partial charge in [-0.25, -0.2) is 0 Å². The molecule has 2 atom stereocenters. The minimum atomic E-state index is -4.84. The summed E-state index contributed by atoms with van der Waals surface area (Å²) in [5, 5.41) is 9.18. The fourth-order valence-corrected chi connectivity index (χ4v) is 1.53. The van der Waals surface area contributed by atoms with Gasteiger partial charge in [-0.15, -0.1) is 12.4 Å². The molecule has 116 valence electrons. The first kappa shape index (κ1) is 19.0. The Balaban J connectivity index is 0.00000361. The van der Waals surface area contributed by atoms with Gasteiger partial charge in [-0.1, -0.05) is 0 Å². The highest BCUT2D eigenvalue weighted by molar-refractivity contribution is 5.85. The third-order valence-corrected chi connectivity index (χ3v) is 2.56. The van der Waals surface area contributed by atoms with E-state index in [4.69, 9.17) is 5.73 Å². The van der Waals surface area contributed by atoms with Crippen LogP contribution in [0.3, 0.4) is 0 Å². The highest BCUT2D eigenvalue weighted by Crippen LogP contribution is 2.38. The summed E-state index contributed by atoms with van der Waals surface area (Å²) in [6.07, 6.45) is -11.0. The van der Waals surface area contributed by atoms with Crippen molar-refractivity contribution in [1.82, 2.24) is 0 Å². The molecular weight excluding hydrogens is 312 g/mol. The molecule has 1 aromatic rings. The number of aliphatic hydroxyl groups is 1. The van der Waals surface area contributed by atoms with Crippen LogP contribution in [0.4, 0.5) is 26.3 Å². The van der Waals surface area contributed by atoms with Gasteiger partial charge in [0.25, 0.3) is 0 Å². The SMILES string of the molecule is C[C@H](O)[C@H](N)c1cc(C(F)(F)F)ccc1C(F)(F)F.Cl. The molecule has 1 aromatic carbocycles. The van der Waals surface area contributed by atoms with Crippen LogP contribution in [0.2, 0.25) is 0 Å². The van der Waals surface area contributed by atoms with Crippen LogP contribution in [0.15, 0.2) is 18.2 Å². The predicted molar refractivity (Wildman–Crippen MR) is 62.3 cm³/mol. The van der Waals surface area contributed by atoms with Crippen LogP contribution in [0.25, 0.3) is 0 Å². The van der Waals surface area contributed by atoms with Crippen molar-refractivity contribution in [3.8, 4) is 0 Å². The van der Waals surface area contributed by atoms with Crippen molar-refractivity contribution in [2.75, 3.05) is 0 Å². The maximum atomic E-state index is 12.7. The van der Waals surface area contributed by atoms with Crippen LogP contribution < -0.4 is 5.73 Å². The zero-order chi connectivity index (χ0) is 15.0. The molecule has 20 heavy (non-hydrogen) atoms. The van der Waals surface area contributed by atoms with Crippen molar-refractivity contribution in [3.63, 3.8) is 0 Å². The topological polar surface area (TPSA) is 46.2 Å². The molecule has 0 aliphatic rings. The number of halogens is 7. The minimum Gasteiger partial charge on any atom is -0.391 e. The van der Waals surface area contributed by atoms with Crippen LogP contribution in [-0.2, 0) is 12.4 Å². The summed E-state index contributed by atoms with van der Waals surface area (Å²) in [6, 6.07) is -0.583. The number of hydrogen-bond acceptors (Lipinski definition) is 2. The van der Waals surface area contributed by atoms with Gasteiger partial charge >= 0.3 is 12.4 Å². The van der Waals surface area contributed by atoms with Crippen LogP contribution in [0.5, 0.6) is 0 Å². The van der Waals surface area contributed by atoms with E-state index < -0.39 is 41.2 Å². The molecule has 0 unspecified atom stereocenters. The summed E-state index contributed by atoms with van der Waals surface area (Å²) >= 11 is 0. The summed E-state index contributed by atoms with van der Waals surface area (Å²) in [6.45, 7) is 1.10. The van der Waals surface area contributed by atoms with Crippen molar-refractivity contribution < 1.29 is 31.4 Å². The first-order valence-corrected chi connectivity index (χ1v) is 5.16. The molecule has 0 saturated carbocycles. The van der Waals surface area contributed by atoms with Crippen molar-refractivity contribution in [1.29, 1.82) is 0 Å². The Morgan fingerprint density at radius 1 is 1.05 bits per heavy atom. The lowest BCUT2D eigenvalue weighted by molar-refractivity contribution is -0.142. The van der Waals surface area contributed by atoms with Crippen LogP contribution in [0.1, 0.15) is 29.7 Å². The summed E-state index contributed by atoms with van der Waals surface area (Å²) in [4.78, 5) is 0. The maximum absolute atomic E-state index is 12.7. The van der Waals surface area contributed by atoms with E-state index in [1.54, 1.807) is 0 Å². The van der Waals surface area contributed by atoms with E-state index in [0.717, 1.165) is 6.92 Å². The highest BCUT2D eigenvalue weighted by atomic mass is 35.5. The molecule has 9 heteroatoms. The Morgan fingerprint density at radius 3 is 1.90 bits per heavy atom. The van der Waals surface area contributed by atoms with Gasteiger partial charge in [0, 0.05) is 0 Å². The molecule has 0 radical (unpaired) electrons. The lowest BCUT2D eigenvalue weighted by Crippen LogP contribution is -2.27. The summed E-state index contributed by atoms with van der Waals surface area (Å²) in [7, 11) is 0. The number of nitrogens with two attached hydrogens (primary N) is 1. The fourth-order valence-electron chi connectivity index (χ4n) is 1.53. The molecule has 0 aromatic heterocycles. The number of alkyl halides is 6. The molecule has 0 bridgehead atoms. The normalized spacial score (nSPS) is 15.4. The van der Waals surface area contributed by atoms with Gasteiger partial charge < -0.3 is 10.8 Å². The molecule has 0 saturated heterocycles. The lowest BCUT2D eigenvalue weighted by Gasteiger charge is -2.22. The molecule has 0 spiro atoms. The Bertz CT molecular complexity index is 457.